The van der Waals surface area contributed by atoms with Gasteiger partial charge < -0.3 is 4.57 Å². The maximum Gasteiger partial charge on any atom is 0.0945 e. The minimum atomic E-state index is 0.761. The monoisotopic (exact) mass is 285 g/mol. The molecule has 1 saturated heterocycles. The Morgan fingerprint density at radius 1 is 1.31 bits per heavy atom. The molecular weight excluding hydrogens is 266 g/mol. The van der Waals surface area contributed by atoms with Crippen LogP contribution in [0.15, 0.2) is 18.7 Å². The highest BCUT2D eigenvalue weighted by Crippen LogP contribution is 2.18. The Morgan fingerprint density at radius 3 is 3.00 bits per heavy atom. The molecule has 0 bridgehead atoms. The van der Waals surface area contributed by atoms with Crippen molar-refractivity contribution in [2.75, 3.05) is 18.4 Å². The van der Waals surface area contributed by atoms with Gasteiger partial charge in [0.05, 0.1) is 6.33 Å². The van der Waals surface area contributed by atoms with E-state index in [1.807, 2.05) is 18.7 Å². The molecule has 2 rings (SSSR count). The molecule has 1 aromatic rings. The number of hydrogen-bond acceptors (Lipinski definition) is 2. The molecule has 0 N–H and O–H groups in total. The van der Waals surface area contributed by atoms with Crippen molar-refractivity contribution in [3.8, 4) is 0 Å². The number of aromatic nitrogens is 2. The second kappa shape index (κ2) is 6.40. The van der Waals surface area contributed by atoms with Crippen molar-refractivity contribution in [3.05, 3.63) is 18.7 Å². The van der Waals surface area contributed by atoms with Gasteiger partial charge in [-0.05, 0) is 25.8 Å². The summed E-state index contributed by atoms with van der Waals surface area (Å²) >= 11 is 3.63. The second-order valence-electron chi connectivity index (χ2n) is 4.49. The zero-order chi connectivity index (χ0) is 11.2. The van der Waals surface area contributed by atoms with Crippen LogP contribution in [0.1, 0.15) is 25.7 Å². The predicted octanol–water partition coefficient (Wildman–Crippen LogP) is 2.52. The first kappa shape index (κ1) is 12.1. The molecule has 1 atom stereocenters. The highest BCUT2D eigenvalue weighted by atomic mass is 79.9. The molecular formula is C12H20BrN3. The van der Waals surface area contributed by atoms with Crippen LogP contribution in [-0.2, 0) is 6.54 Å². The molecule has 0 amide bonds. The molecule has 0 aromatic carbocycles. The topological polar surface area (TPSA) is 21.1 Å². The lowest BCUT2D eigenvalue weighted by molar-refractivity contribution is 0.161. The second-order valence-corrected chi connectivity index (χ2v) is 5.14. The minimum absolute atomic E-state index is 0.761. The van der Waals surface area contributed by atoms with Gasteiger partial charge in [-0.1, -0.05) is 22.4 Å². The fraction of sp³-hybridized carbons (Fsp3) is 0.750. The van der Waals surface area contributed by atoms with Crippen LogP contribution in [0.2, 0.25) is 0 Å². The van der Waals surface area contributed by atoms with Crippen LogP contribution in [-0.4, -0.2) is 38.9 Å². The Labute approximate surface area is 106 Å². The highest BCUT2D eigenvalue weighted by Gasteiger charge is 2.20. The number of imidazole rings is 1. The van der Waals surface area contributed by atoms with E-state index in [0.29, 0.717) is 0 Å². The summed E-state index contributed by atoms with van der Waals surface area (Å²) in [7, 11) is 0. The van der Waals surface area contributed by atoms with Crippen molar-refractivity contribution >= 4 is 15.9 Å². The van der Waals surface area contributed by atoms with E-state index in [9.17, 15) is 0 Å². The zero-order valence-corrected chi connectivity index (χ0v) is 11.3. The van der Waals surface area contributed by atoms with Gasteiger partial charge in [-0.2, -0.15) is 0 Å². The quantitative estimate of drug-likeness (QED) is 0.776. The van der Waals surface area contributed by atoms with E-state index < -0.39 is 0 Å². The molecule has 1 aromatic heterocycles. The Morgan fingerprint density at radius 2 is 2.25 bits per heavy atom. The van der Waals surface area contributed by atoms with E-state index in [1.54, 1.807) is 0 Å². The minimum Gasteiger partial charge on any atom is -0.337 e. The van der Waals surface area contributed by atoms with E-state index in [1.165, 1.54) is 38.8 Å². The fourth-order valence-corrected chi connectivity index (χ4v) is 3.14. The highest BCUT2D eigenvalue weighted by molar-refractivity contribution is 9.09. The third kappa shape index (κ3) is 3.32. The first-order valence-corrected chi connectivity index (χ1v) is 7.28. The number of likely N-dealkylation sites (tertiary alicyclic amines) is 1. The van der Waals surface area contributed by atoms with Crippen LogP contribution >= 0.6 is 15.9 Å². The molecule has 1 fully saturated rings. The van der Waals surface area contributed by atoms with Crippen LogP contribution in [0.3, 0.4) is 0 Å². The van der Waals surface area contributed by atoms with Crippen LogP contribution in [0.4, 0.5) is 0 Å². The van der Waals surface area contributed by atoms with Crippen molar-refractivity contribution in [3.63, 3.8) is 0 Å². The molecule has 16 heavy (non-hydrogen) atoms. The number of halogens is 1. The first-order chi connectivity index (χ1) is 7.90. The number of piperidine rings is 1. The molecule has 1 aliphatic heterocycles. The molecule has 1 unspecified atom stereocenters. The van der Waals surface area contributed by atoms with Crippen molar-refractivity contribution in [2.24, 2.45) is 0 Å². The van der Waals surface area contributed by atoms with E-state index in [0.717, 1.165) is 17.9 Å². The van der Waals surface area contributed by atoms with Gasteiger partial charge in [0.2, 0.25) is 0 Å². The largest absolute Gasteiger partial charge is 0.337 e. The van der Waals surface area contributed by atoms with E-state index in [2.05, 4.69) is 30.4 Å². The molecule has 90 valence electrons. The lowest BCUT2D eigenvalue weighted by Crippen LogP contribution is -2.41. The Hall–Kier alpha value is -0.350. The summed E-state index contributed by atoms with van der Waals surface area (Å²) in [6, 6.07) is 0.761. The molecule has 0 spiro atoms. The number of hydrogen-bond donors (Lipinski definition) is 0. The maximum atomic E-state index is 4.06. The molecule has 0 aliphatic carbocycles. The Kier molecular flexibility index (Phi) is 4.85. The normalized spacial score (nSPS) is 22.4. The molecule has 0 saturated carbocycles. The van der Waals surface area contributed by atoms with Gasteiger partial charge in [-0.15, -0.1) is 0 Å². The van der Waals surface area contributed by atoms with Crippen molar-refractivity contribution in [1.82, 2.24) is 14.5 Å². The summed E-state index contributed by atoms with van der Waals surface area (Å²) in [5.41, 5.74) is 0. The lowest BCUT2D eigenvalue weighted by atomic mass is 10.0. The van der Waals surface area contributed by atoms with E-state index >= 15 is 0 Å². The van der Waals surface area contributed by atoms with Gasteiger partial charge in [-0.25, -0.2) is 4.98 Å². The Bertz CT molecular complexity index is 286. The summed E-state index contributed by atoms with van der Waals surface area (Å²) in [6.07, 6.45) is 11.1. The first-order valence-electron chi connectivity index (χ1n) is 6.16. The standard InChI is InChI=1S/C12H20BrN3/c13-10-12-4-1-2-7-16(12)8-3-6-15-9-5-14-11-15/h5,9,11-12H,1-4,6-8,10H2. The summed E-state index contributed by atoms with van der Waals surface area (Å²) in [6.45, 7) is 3.58. The zero-order valence-electron chi connectivity index (χ0n) is 9.69. The van der Waals surface area contributed by atoms with Crippen molar-refractivity contribution in [2.45, 2.75) is 38.3 Å². The van der Waals surface area contributed by atoms with Gasteiger partial charge in [0, 0.05) is 36.9 Å². The number of nitrogens with zero attached hydrogens (tertiary/aromatic N) is 3. The van der Waals surface area contributed by atoms with Gasteiger partial charge in [0.15, 0.2) is 0 Å². The average Bonchev–Trinajstić information content (AvgIpc) is 2.83. The average molecular weight is 286 g/mol. The maximum absolute atomic E-state index is 4.06. The Balaban J connectivity index is 1.71. The summed E-state index contributed by atoms with van der Waals surface area (Å²) in [5, 5.41) is 1.12. The van der Waals surface area contributed by atoms with Crippen LogP contribution in [0.5, 0.6) is 0 Å². The van der Waals surface area contributed by atoms with Crippen LogP contribution < -0.4 is 0 Å². The van der Waals surface area contributed by atoms with Crippen LogP contribution in [0.25, 0.3) is 0 Å². The predicted molar refractivity (Wildman–Crippen MR) is 69.9 cm³/mol. The van der Waals surface area contributed by atoms with E-state index in [4.69, 9.17) is 0 Å². The SMILES string of the molecule is BrCC1CCCCN1CCCn1ccnc1. The number of aryl methyl sites for hydroxylation is 1. The van der Waals surface area contributed by atoms with Gasteiger partial charge in [0.25, 0.3) is 0 Å². The smallest absolute Gasteiger partial charge is 0.0945 e. The number of alkyl halides is 1. The summed E-state index contributed by atoms with van der Waals surface area (Å²) in [5.74, 6) is 0. The molecule has 0 radical (unpaired) electrons. The molecule has 2 heterocycles. The van der Waals surface area contributed by atoms with Gasteiger partial charge in [0.1, 0.15) is 0 Å². The lowest BCUT2D eigenvalue weighted by Gasteiger charge is -2.34. The number of rotatable bonds is 5. The summed E-state index contributed by atoms with van der Waals surface area (Å²) in [4.78, 5) is 6.69. The van der Waals surface area contributed by atoms with Gasteiger partial charge in [-0.3, -0.25) is 4.90 Å². The van der Waals surface area contributed by atoms with Crippen molar-refractivity contribution in [1.29, 1.82) is 0 Å². The summed E-state index contributed by atoms with van der Waals surface area (Å²) < 4.78 is 2.16. The van der Waals surface area contributed by atoms with Crippen molar-refractivity contribution < 1.29 is 0 Å². The third-order valence-electron chi connectivity index (χ3n) is 3.35. The fourth-order valence-electron chi connectivity index (χ4n) is 2.40. The van der Waals surface area contributed by atoms with Gasteiger partial charge >= 0.3 is 0 Å². The molecule has 1 aliphatic rings. The molecule has 3 nitrogen and oxygen atoms in total. The molecule has 4 heteroatoms. The van der Waals surface area contributed by atoms with Crippen LogP contribution in [0, 0.1) is 0 Å². The third-order valence-corrected chi connectivity index (χ3v) is 4.10. The van der Waals surface area contributed by atoms with E-state index in [-0.39, 0.29) is 0 Å².